The van der Waals surface area contributed by atoms with E-state index in [0.717, 1.165) is 16.8 Å². The minimum Gasteiger partial charge on any atom is -0.497 e. The Morgan fingerprint density at radius 1 is 1.05 bits per heavy atom. The number of thioether (sulfide) groups is 1. The summed E-state index contributed by atoms with van der Waals surface area (Å²) in [6, 6.07) is 14.8. The van der Waals surface area contributed by atoms with E-state index in [1.54, 1.807) is 32.2 Å². The minimum atomic E-state index is -0.563. The molecule has 8 nitrogen and oxygen atoms in total. The molecule has 9 heteroatoms. The van der Waals surface area contributed by atoms with Gasteiger partial charge in [0.1, 0.15) is 11.5 Å². The highest BCUT2D eigenvalue weighted by Gasteiger charge is 2.42. The first-order chi connectivity index (χ1) is 17.9. The van der Waals surface area contributed by atoms with Crippen molar-refractivity contribution in [3.8, 4) is 11.5 Å². The van der Waals surface area contributed by atoms with Crippen molar-refractivity contribution in [1.82, 2.24) is 9.80 Å². The van der Waals surface area contributed by atoms with Crippen molar-refractivity contribution in [2.75, 3.05) is 28.4 Å². The molecule has 1 amide bonds. The smallest absolute Gasteiger partial charge is 0.338 e. The van der Waals surface area contributed by atoms with Crippen LogP contribution in [0, 0.1) is 0 Å². The van der Waals surface area contributed by atoms with Crippen LogP contribution in [0.4, 0.5) is 0 Å². The third-order valence-corrected chi connectivity index (χ3v) is 7.23. The number of amidine groups is 1. The predicted molar refractivity (Wildman–Crippen MR) is 144 cm³/mol. The molecule has 2 aliphatic heterocycles. The fourth-order valence-electron chi connectivity index (χ4n) is 4.45. The van der Waals surface area contributed by atoms with Gasteiger partial charge in [0, 0.05) is 25.4 Å². The molecule has 1 unspecified atom stereocenters. The molecular weight excluding hydrogens is 490 g/mol. The van der Waals surface area contributed by atoms with Crippen LogP contribution in [-0.2, 0) is 20.9 Å². The summed E-state index contributed by atoms with van der Waals surface area (Å²) in [4.78, 5) is 34.8. The van der Waals surface area contributed by atoms with Crippen LogP contribution >= 0.6 is 11.8 Å². The zero-order valence-electron chi connectivity index (χ0n) is 21.7. The molecule has 1 atom stereocenters. The van der Waals surface area contributed by atoms with E-state index < -0.39 is 12.0 Å². The van der Waals surface area contributed by atoms with Gasteiger partial charge in [0.2, 0.25) is 5.91 Å². The number of hydrogen-bond acceptors (Lipinski definition) is 8. The van der Waals surface area contributed by atoms with E-state index in [9.17, 15) is 9.59 Å². The van der Waals surface area contributed by atoms with E-state index in [4.69, 9.17) is 19.2 Å². The zero-order valence-corrected chi connectivity index (χ0v) is 22.5. The Morgan fingerprint density at radius 3 is 2.32 bits per heavy atom. The second-order valence-electron chi connectivity index (χ2n) is 8.66. The molecule has 0 saturated heterocycles. The van der Waals surface area contributed by atoms with Crippen molar-refractivity contribution < 1.29 is 23.8 Å². The van der Waals surface area contributed by atoms with Gasteiger partial charge < -0.3 is 24.0 Å². The maximum atomic E-state index is 13.3. The van der Waals surface area contributed by atoms with Crippen molar-refractivity contribution in [2.45, 2.75) is 32.4 Å². The SMILES string of the molecule is CCC1=C(C(=O)OC)C(c2cc(OC)cc(OC)c2)N2C(CC(=O)N(C)Cc3ccccc3)=CSC2=N1. The number of esters is 1. The number of carbonyl (C=O) groups excluding carboxylic acids is 2. The summed E-state index contributed by atoms with van der Waals surface area (Å²) in [7, 11) is 6.32. The highest BCUT2D eigenvalue weighted by Crippen LogP contribution is 2.46. The number of allylic oxidation sites excluding steroid dienone is 1. The van der Waals surface area contributed by atoms with Gasteiger partial charge in [-0.05, 0) is 35.1 Å². The summed E-state index contributed by atoms with van der Waals surface area (Å²) in [5.41, 5.74) is 3.67. The number of amides is 1. The van der Waals surface area contributed by atoms with E-state index in [1.165, 1.54) is 18.9 Å². The topological polar surface area (TPSA) is 80.7 Å². The van der Waals surface area contributed by atoms with Gasteiger partial charge in [-0.3, -0.25) is 4.79 Å². The second-order valence-corrected chi connectivity index (χ2v) is 9.49. The molecule has 0 N–H and O–H groups in total. The molecule has 0 aliphatic carbocycles. The quantitative estimate of drug-likeness (QED) is 0.435. The van der Waals surface area contributed by atoms with Gasteiger partial charge in [-0.15, -0.1) is 0 Å². The van der Waals surface area contributed by atoms with Crippen molar-refractivity contribution in [2.24, 2.45) is 4.99 Å². The lowest BCUT2D eigenvalue weighted by Gasteiger charge is -2.37. The standard InChI is InChI=1S/C28H31N3O5S/c1-6-23-25(27(33)36-5)26(19-12-21(34-3)15-22(13-19)35-4)31-20(17-37-28(31)29-23)14-24(32)30(2)16-18-10-8-7-9-11-18/h7-13,15,17,26H,6,14,16H2,1-5H3. The van der Waals surface area contributed by atoms with E-state index in [0.29, 0.717) is 40.9 Å². The number of hydrogen-bond donors (Lipinski definition) is 0. The van der Waals surface area contributed by atoms with E-state index in [-0.39, 0.29) is 12.3 Å². The van der Waals surface area contributed by atoms with Crippen LogP contribution in [0.2, 0.25) is 0 Å². The molecule has 2 aromatic carbocycles. The normalized spacial score (nSPS) is 16.6. The lowest BCUT2D eigenvalue weighted by Crippen LogP contribution is -2.38. The first-order valence-electron chi connectivity index (χ1n) is 12.0. The zero-order chi connectivity index (χ0) is 26.5. The first kappa shape index (κ1) is 26.3. The molecule has 0 aromatic heterocycles. The lowest BCUT2D eigenvalue weighted by atomic mass is 9.92. The van der Waals surface area contributed by atoms with Crippen LogP contribution < -0.4 is 9.47 Å². The minimum absolute atomic E-state index is 0.0381. The van der Waals surface area contributed by atoms with Gasteiger partial charge in [-0.25, -0.2) is 9.79 Å². The largest absolute Gasteiger partial charge is 0.497 e. The van der Waals surface area contributed by atoms with Gasteiger partial charge in [-0.2, -0.15) is 0 Å². The molecule has 4 rings (SSSR count). The number of benzene rings is 2. The number of carbonyl (C=O) groups is 2. The fraction of sp³-hybridized carbons (Fsp3) is 0.321. The molecule has 0 spiro atoms. The van der Waals surface area contributed by atoms with Crippen molar-refractivity contribution in [1.29, 1.82) is 0 Å². The summed E-state index contributed by atoms with van der Waals surface area (Å²) in [5, 5.41) is 2.65. The maximum Gasteiger partial charge on any atom is 0.338 e. The molecule has 2 aromatic rings. The van der Waals surface area contributed by atoms with Crippen LogP contribution in [0.25, 0.3) is 0 Å². The number of ether oxygens (including phenoxy) is 3. The van der Waals surface area contributed by atoms with E-state index in [2.05, 4.69) is 0 Å². The summed E-state index contributed by atoms with van der Waals surface area (Å²) in [6.45, 7) is 2.46. The van der Waals surface area contributed by atoms with Gasteiger partial charge in [0.25, 0.3) is 0 Å². The van der Waals surface area contributed by atoms with Crippen LogP contribution in [0.15, 0.2) is 75.9 Å². The number of rotatable bonds is 9. The van der Waals surface area contributed by atoms with Gasteiger partial charge in [0.05, 0.1) is 45.1 Å². The maximum absolute atomic E-state index is 13.3. The third kappa shape index (κ3) is 5.51. The molecule has 0 saturated carbocycles. The molecule has 0 fully saturated rings. The molecule has 194 valence electrons. The Hall–Kier alpha value is -3.72. The fourth-order valence-corrected chi connectivity index (χ4v) is 5.39. The van der Waals surface area contributed by atoms with Gasteiger partial charge in [-0.1, -0.05) is 49.0 Å². The number of fused-ring (bicyclic) bond motifs is 1. The Labute approximate surface area is 221 Å². The Kier molecular flexibility index (Phi) is 8.23. The van der Waals surface area contributed by atoms with Gasteiger partial charge in [0.15, 0.2) is 5.17 Å². The highest BCUT2D eigenvalue weighted by molar-refractivity contribution is 8.16. The molecule has 2 aliphatic rings. The van der Waals surface area contributed by atoms with Crippen molar-refractivity contribution >= 4 is 28.8 Å². The Balaban J connectivity index is 1.72. The average Bonchev–Trinajstić information content (AvgIpc) is 3.33. The molecule has 0 bridgehead atoms. The Morgan fingerprint density at radius 2 is 1.73 bits per heavy atom. The Bertz CT molecular complexity index is 1250. The number of nitrogens with zero attached hydrogens (tertiary/aromatic N) is 3. The average molecular weight is 522 g/mol. The molecule has 0 radical (unpaired) electrons. The highest BCUT2D eigenvalue weighted by atomic mass is 32.2. The third-order valence-electron chi connectivity index (χ3n) is 6.34. The number of aliphatic imine (C=N–C) groups is 1. The number of methoxy groups -OCH3 is 3. The molecule has 37 heavy (non-hydrogen) atoms. The van der Waals surface area contributed by atoms with Crippen molar-refractivity contribution in [3.63, 3.8) is 0 Å². The summed E-state index contributed by atoms with van der Waals surface area (Å²) < 4.78 is 16.2. The first-order valence-corrected chi connectivity index (χ1v) is 12.8. The summed E-state index contributed by atoms with van der Waals surface area (Å²) >= 11 is 1.45. The van der Waals surface area contributed by atoms with Gasteiger partial charge >= 0.3 is 5.97 Å². The molecular formula is C28H31N3O5S. The van der Waals surface area contributed by atoms with E-state index >= 15 is 0 Å². The summed E-state index contributed by atoms with van der Waals surface area (Å²) in [5.74, 6) is 0.687. The van der Waals surface area contributed by atoms with Crippen LogP contribution in [-0.4, -0.2) is 55.2 Å². The van der Waals surface area contributed by atoms with Crippen LogP contribution in [0.1, 0.15) is 36.9 Å². The predicted octanol–water partition coefficient (Wildman–Crippen LogP) is 4.89. The van der Waals surface area contributed by atoms with E-state index in [1.807, 2.05) is 59.7 Å². The lowest BCUT2D eigenvalue weighted by molar-refractivity contribution is -0.136. The monoisotopic (exact) mass is 521 g/mol. The van der Waals surface area contributed by atoms with Crippen molar-refractivity contribution in [3.05, 3.63) is 82.0 Å². The second kappa shape index (κ2) is 11.6. The summed E-state index contributed by atoms with van der Waals surface area (Å²) in [6.07, 6.45) is 0.705. The van der Waals surface area contributed by atoms with Crippen LogP contribution in [0.3, 0.4) is 0 Å². The molecule has 2 heterocycles. The van der Waals surface area contributed by atoms with Crippen LogP contribution in [0.5, 0.6) is 11.5 Å².